The van der Waals surface area contributed by atoms with Crippen LogP contribution < -0.4 is 5.32 Å². The zero-order valence-corrected chi connectivity index (χ0v) is 18.7. The molecule has 7 heteroatoms. The number of carbonyl (C=O) groups is 3. The Bertz CT molecular complexity index is 785. The number of aromatic nitrogens is 1. The zero-order chi connectivity index (χ0) is 21.8. The predicted molar refractivity (Wildman–Crippen MR) is 114 cm³/mol. The molecule has 1 aromatic rings. The molecule has 1 aromatic heterocycles. The minimum Gasteiger partial charge on any atom is -0.459 e. The molecule has 0 unspecified atom stereocenters. The molecule has 0 spiro atoms. The molecule has 7 nitrogen and oxygen atoms in total. The second-order valence-corrected chi connectivity index (χ2v) is 9.07. The van der Waals surface area contributed by atoms with Gasteiger partial charge in [0, 0.05) is 31.2 Å². The molecule has 1 saturated carbocycles. The molecule has 0 radical (unpaired) electrons. The number of hydrogen-bond donors (Lipinski definition) is 2. The molecule has 166 valence electrons. The Hall–Kier alpha value is -2.31. The third kappa shape index (κ3) is 5.24. The van der Waals surface area contributed by atoms with Crippen molar-refractivity contribution in [3.8, 4) is 0 Å². The number of nitrogens with zero attached hydrogens (tertiary/aromatic N) is 1. The van der Waals surface area contributed by atoms with E-state index in [1.54, 1.807) is 27.7 Å². The maximum Gasteiger partial charge on any atom is 0.340 e. The average Bonchev–Trinajstić information content (AvgIpc) is 3.28. The van der Waals surface area contributed by atoms with E-state index in [1.807, 2.05) is 4.90 Å². The van der Waals surface area contributed by atoms with Crippen LogP contribution in [0.1, 0.15) is 90.9 Å². The summed E-state index contributed by atoms with van der Waals surface area (Å²) in [5.41, 5.74) is 2.20. The number of aryl methyl sites for hydroxylation is 1. The van der Waals surface area contributed by atoms with Crippen molar-refractivity contribution in [2.75, 3.05) is 13.1 Å². The Morgan fingerprint density at radius 3 is 2.33 bits per heavy atom. The molecule has 1 aliphatic carbocycles. The SMILES string of the molecule is Cc1[nH]c(C(=O)N2CCC(CC(=O)NC3CCCC3)CC2)c(C)c1C(=O)OC(C)C. The van der Waals surface area contributed by atoms with Crippen LogP contribution in [0.5, 0.6) is 0 Å². The van der Waals surface area contributed by atoms with Crippen molar-refractivity contribution in [3.63, 3.8) is 0 Å². The Balaban J connectivity index is 1.55. The Labute approximate surface area is 178 Å². The van der Waals surface area contributed by atoms with Crippen LogP contribution in [-0.4, -0.2) is 52.9 Å². The van der Waals surface area contributed by atoms with Gasteiger partial charge in [-0.2, -0.15) is 0 Å². The summed E-state index contributed by atoms with van der Waals surface area (Å²) in [6, 6.07) is 0.356. The van der Waals surface area contributed by atoms with Crippen molar-refractivity contribution in [1.29, 1.82) is 0 Å². The van der Waals surface area contributed by atoms with E-state index in [9.17, 15) is 14.4 Å². The van der Waals surface area contributed by atoms with Gasteiger partial charge in [0.15, 0.2) is 0 Å². The molecular formula is C23H35N3O4. The van der Waals surface area contributed by atoms with Crippen molar-refractivity contribution in [2.45, 2.75) is 84.8 Å². The lowest BCUT2D eigenvalue weighted by Gasteiger charge is -2.32. The lowest BCUT2D eigenvalue weighted by Crippen LogP contribution is -2.41. The van der Waals surface area contributed by atoms with Gasteiger partial charge in [0.1, 0.15) is 5.69 Å². The van der Waals surface area contributed by atoms with Crippen molar-refractivity contribution >= 4 is 17.8 Å². The van der Waals surface area contributed by atoms with E-state index in [4.69, 9.17) is 4.74 Å². The molecule has 30 heavy (non-hydrogen) atoms. The largest absolute Gasteiger partial charge is 0.459 e. The van der Waals surface area contributed by atoms with Crippen molar-refractivity contribution < 1.29 is 19.1 Å². The van der Waals surface area contributed by atoms with Crippen LogP contribution >= 0.6 is 0 Å². The average molecular weight is 418 g/mol. The van der Waals surface area contributed by atoms with E-state index < -0.39 is 5.97 Å². The van der Waals surface area contributed by atoms with Crippen molar-refractivity contribution in [2.24, 2.45) is 5.92 Å². The first-order valence-corrected chi connectivity index (χ1v) is 11.2. The first-order valence-electron chi connectivity index (χ1n) is 11.2. The molecule has 1 aliphatic heterocycles. The number of piperidine rings is 1. The van der Waals surface area contributed by atoms with Gasteiger partial charge in [-0.1, -0.05) is 12.8 Å². The van der Waals surface area contributed by atoms with E-state index in [1.165, 1.54) is 12.8 Å². The fourth-order valence-electron chi connectivity index (χ4n) is 4.66. The van der Waals surface area contributed by atoms with Crippen LogP contribution in [0.15, 0.2) is 0 Å². The summed E-state index contributed by atoms with van der Waals surface area (Å²) in [7, 11) is 0. The molecule has 1 saturated heterocycles. The maximum atomic E-state index is 13.1. The Morgan fingerprint density at radius 1 is 1.10 bits per heavy atom. The van der Waals surface area contributed by atoms with Crippen LogP contribution in [0.4, 0.5) is 0 Å². The number of nitrogens with one attached hydrogen (secondary N) is 2. The molecular weight excluding hydrogens is 382 g/mol. The Kier molecular flexibility index (Phi) is 7.21. The summed E-state index contributed by atoms with van der Waals surface area (Å²) in [5, 5.41) is 3.16. The number of likely N-dealkylation sites (tertiary alicyclic amines) is 1. The van der Waals surface area contributed by atoms with Crippen LogP contribution in [0.2, 0.25) is 0 Å². The molecule has 2 heterocycles. The number of aromatic amines is 1. The van der Waals surface area contributed by atoms with E-state index in [2.05, 4.69) is 10.3 Å². The molecule has 0 bridgehead atoms. The van der Waals surface area contributed by atoms with Gasteiger partial charge in [-0.3, -0.25) is 9.59 Å². The molecule has 2 fully saturated rings. The molecule has 2 amide bonds. The monoisotopic (exact) mass is 417 g/mol. The summed E-state index contributed by atoms with van der Waals surface area (Å²) < 4.78 is 5.31. The second-order valence-electron chi connectivity index (χ2n) is 9.07. The number of rotatable bonds is 6. The fraction of sp³-hybridized carbons (Fsp3) is 0.696. The number of amides is 2. The lowest BCUT2D eigenvalue weighted by molar-refractivity contribution is -0.123. The summed E-state index contributed by atoms with van der Waals surface area (Å²) >= 11 is 0. The molecule has 0 atom stereocenters. The summed E-state index contributed by atoms with van der Waals surface area (Å²) in [4.78, 5) is 42.6. The number of ether oxygens (including phenoxy) is 1. The van der Waals surface area contributed by atoms with Gasteiger partial charge in [-0.05, 0) is 64.9 Å². The molecule has 3 rings (SSSR count). The molecule has 0 aromatic carbocycles. The number of hydrogen-bond acceptors (Lipinski definition) is 4. The van der Waals surface area contributed by atoms with Gasteiger partial charge < -0.3 is 19.9 Å². The van der Waals surface area contributed by atoms with Crippen LogP contribution in [-0.2, 0) is 9.53 Å². The summed E-state index contributed by atoms with van der Waals surface area (Å²) in [6.45, 7) is 8.44. The lowest BCUT2D eigenvalue weighted by atomic mass is 9.92. The standard InChI is InChI=1S/C23H35N3O4/c1-14(2)30-23(29)20-15(3)21(24-16(20)4)22(28)26-11-9-17(10-12-26)13-19(27)25-18-7-5-6-8-18/h14,17-18,24H,5-13H2,1-4H3,(H,25,27). The van der Waals surface area contributed by atoms with Crippen LogP contribution in [0.25, 0.3) is 0 Å². The number of carbonyl (C=O) groups excluding carboxylic acids is 3. The maximum absolute atomic E-state index is 13.1. The highest BCUT2D eigenvalue weighted by Crippen LogP contribution is 2.26. The number of H-pyrrole nitrogens is 1. The third-order valence-corrected chi connectivity index (χ3v) is 6.29. The van der Waals surface area contributed by atoms with E-state index in [0.29, 0.717) is 54.0 Å². The van der Waals surface area contributed by atoms with E-state index in [0.717, 1.165) is 25.7 Å². The minimum atomic E-state index is -0.401. The normalized spacial score (nSPS) is 18.1. The van der Waals surface area contributed by atoms with Gasteiger partial charge in [0.05, 0.1) is 11.7 Å². The minimum absolute atomic E-state index is 0.0898. The van der Waals surface area contributed by atoms with Gasteiger partial charge in [-0.25, -0.2) is 4.79 Å². The molecule has 2 N–H and O–H groups in total. The smallest absolute Gasteiger partial charge is 0.340 e. The quantitative estimate of drug-likeness (QED) is 0.693. The van der Waals surface area contributed by atoms with E-state index >= 15 is 0 Å². The zero-order valence-electron chi connectivity index (χ0n) is 18.7. The predicted octanol–water partition coefficient (Wildman–Crippen LogP) is 3.50. The molecule has 2 aliphatic rings. The number of esters is 1. The van der Waals surface area contributed by atoms with E-state index in [-0.39, 0.29) is 17.9 Å². The highest BCUT2D eigenvalue weighted by Gasteiger charge is 2.30. The van der Waals surface area contributed by atoms with Crippen molar-refractivity contribution in [3.05, 3.63) is 22.5 Å². The van der Waals surface area contributed by atoms with Crippen LogP contribution in [0.3, 0.4) is 0 Å². The second kappa shape index (κ2) is 9.67. The highest BCUT2D eigenvalue weighted by atomic mass is 16.5. The summed E-state index contributed by atoms with van der Waals surface area (Å²) in [5.74, 6) is -0.0235. The fourth-order valence-corrected chi connectivity index (χ4v) is 4.66. The van der Waals surface area contributed by atoms with Gasteiger partial charge in [-0.15, -0.1) is 0 Å². The topological polar surface area (TPSA) is 91.5 Å². The van der Waals surface area contributed by atoms with Gasteiger partial charge >= 0.3 is 5.97 Å². The van der Waals surface area contributed by atoms with Crippen molar-refractivity contribution in [1.82, 2.24) is 15.2 Å². The highest BCUT2D eigenvalue weighted by molar-refractivity contribution is 6.00. The van der Waals surface area contributed by atoms with Gasteiger partial charge in [0.25, 0.3) is 5.91 Å². The summed E-state index contributed by atoms with van der Waals surface area (Å²) in [6.07, 6.45) is 6.59. The first-order chi connectivity index (χ1) is 14.3. The Morgan fingerprint density at radius 2 is 1.73 bits per heavy atom. The third-order valence-electron chi connectivity index (χ3n) is 6.29. The van der Waals surface area contributed by atoms with Gasteiger partial charge in [0.2, 0.25) is 5.91 Å². The first kappa shape index (κ1) is 22.4. The van der Waals surface area contributed by atoms with Crippen LogP contribution in [0, 0.1) is 19.8 Å².